The van der Waals surface area contributed by atoms with E-state index in [9.17, 15) is 4.79 Å². The third-order valence-corrected chi connectivity index (χ3v) is 5.99. The van der Waals surface area contributed by atoms with Crippen molar-refractivity contribution < 1.29 is 14.3 Å². The van der Waals surface area contributed by atoms with Crippen LogP contribution in [-0.4, -0.2) is 24.2 Å². The predicted octanol–water partition coefficient (Wildman–Crippen LogP) is 6.96. The van der Waals surface area contributed by atoms with Crippen LogP contribution in [0.3, 0.4) is 0 Å². The molecule has 1 atom stereocenters. The molecule has 4 heteroatoms. The Balaban J connectivity index is 1.47. The summed E-state index contributed by atoms with van der Waals surface area (Å²) in [6.07, 6.45) is 7.05. The highest BCUT2D eigenvalue weighted by Crippen LogP contribution is 2.34. The van der Waals surface area contributed by atoms with E-state index in [-0.39, 0.29) is 17.5 Å². The summed E-state index contributed by atoms with van der Waals surface area (Å²) in [5.74, 6) is 0.819. The summed E-state index contributed by atoms with van der Waals surface area (Å²) in [7, 11) is 0. The molecule has 0 aromatic heterocycles. The van der Waals surface area contributed by atoms with E-state index in [2.05, 4.69) is 68.6 Å². The molecule has 0 amide bonds. The van der Waals surface area contributed by atoms with E-state index >= 15 is 0 Å². The van der Waals surface area contributed by atoms with Crippen LogP contribution >= 0.6 is 0 Å². The summed E-state index contributed by atoms with van der Waals surface area (Å²) in [5.41, 5.74) is 2.63. The fourth-order valence-electron chi connectivity index (χ4n) is 4.23. The van der Waals surface area contributed by atoms with Gasteiger partial charge >= 0.3 is 5.97 Å². The molecule has 2 aromatic carbocycles. The van der Waals surface area contributed by atoms with Gasteiger partial charge in [0.2, 0.25) is 0 Å². The van der Waals surface area contributed by atoms with Gasteiger partial charge in [0.25, 0.3) is 0 Å². The molecule has 0 bridgehead atoms. The quantitative estimate of drug-likeness (QED) is 0.268. The van der Waals surface area contributed by atoms with Gasteiger partial charge in [-0.15, -0.1) is 0 Å². The Hall–Kier alpha value is -2.33. The van der Waals surface area contributed by atoms with Gasteiger partial charge in [-0.25, -0.2) is 0 Å². The van der Waals surface area contributed by atoms with Crippen LogP contribution in [0.2, 0.25) is 0 Å². The van der Waals surface area contributed by atoms with Crippen LogP contribution in [0.15, 0.2) is 48.0 Å². The van der Waals surface area contributed by atoms with E-state index in [0.717, 1.165) is 44.5 Å². The average Bonchev–Trinajstić information content (AvgIpc) is 2.72. The maximum Gasteiger partial charge on any atom is 0.306 e. The summed E-state index contributed by atoms with van der Waals surface area (Å²) in [6, 6.07) is 12.9. The van der Waals surface area contributed by atoms with Gasteiger partial charge in [0.15, 0.2) is 0 Å². The molecule has 0 radical (unpaired) electrons. The molecule has 3 rings (SSSR count). The second kappa shape index (κ2) is 10.7. The van der Waals surface area contributed by atoms with Gasteiger partial charge in [-0.05, 0) is 86.5 Å². The van der Waals surface area contributed by atoms with E-state index in [1.165, 1.54) is 16.3 Å². The molecule has 0 saturated heterocycles. The van der Waals surface area contributed by atoms with Crippen LogP contribution in [0.5, 0.6) is 5.75 Å². The minimum absolute atomic E-state index is 0.132. The Morgan fingerprint density at radius 1 is 1.03 bits per heavy atom. The van der Waals surface area contributed by atoms with E-state index in [0.29, 0.717) is 6.42 Å². The zero-order valence-electron chi connectivity index (χ0n) is 21.3. The lowest BCUT2D eigenvalue weighted by Crippen LogP contribution is -2.24. The maximum atomic E-state index is 11.8. The van der Waals surface area contributed by atoms with Crippen LogP contribution in [0.1, 0.15) is 79.2 Å². The largest absolute Gasteiger partial charge is 0.490 e. The highest BCUT2D eigenvalue weighted by molar-refractivity contribution is 5.84. The molecule has 0 heterocycles. The molecule has 2 aromatic rings. The van der Waals surface area contributed by atoms with Crippen LogP contribution in [0.25, 0.3) is 10.8 Å². The molecule has 1 aliphatic rings. The molecule has 180 valence electrons. The number of allylic oxidation sites excluding steroid dienone is 1. The first-order valence-corrected chi connectivity index (χ1v) is 12.3. The smallest absolute Gasteiger partial charge is 0.306 e. The van der Waals surface area contributed by atoms with E-state index in [1.807, 2.05) is 20.8 Å². The Morgan fingerprint density at radius 2 is 1.76 bits per heavy atom. The number of carbonyl (C=O) groups excluding carboxylic acids is 1. The maximum absolute atomic E-state index is 11.8. The highest BCUT2D eigenvalue weighted by Gasteiger charge is 2.23. The van der Waals surface area contributed by atoms with Crippen molar-refractivity contribution in [2.45, 2.75) is 91.9 Å². The van der Waals surface area contributed by atoms with Crippen molar-refractivity contribution in [3.05, 3.63) is 53.6 Å². The number of nitrogens with one attached hydrogen (secondary N) is 1. The molecular formula is C29H41NO3. The highest BCUT2D eigenvalue weighted by atomic mass is 16.6. The van der Waals surface area contributed by atoms with Gasteiger partial charge < -0.3 is 14.8 Å². The van der Waals surface area contributed by atoms with E-state index in [4.69, 9.17) is 9.47 Å². The summed E-state index contributed by atoms with van der Waals surface area (Å²) >= 11 is 0. The number of fused-ring (bicyclic) bond motifs is 1. The Kier molecular flexibility index (Phi) is 8.23. The van der Waals surface area contributed by atoms with Crippen LogP contribution in [0.4, 0.5) is 0 Å². The number of hydrogen-bond acceptors (Lipinski definition) is 4. The minimum Gasteiger partial charge on any atom is -0.490 e. The number of carbonyl (C=O) groups is 1. The minimum atomic E-state index is -0.413. The lowest BCUT2D eigenvalue weighted by atomic mass is 9.80. The van der Waals surface area contributed by atoms with Crippen LogP contribution in [-0.2, 0) is 16.1 Å². The summed E-state index contributed by atoms with van der Waals surface area (Å²) in [4.78, 5) is 11.8. The molecule has 0 spiro atoms. The van der Waals surface area contributed by atoms with Crippen molar-refractivity contribution in [3.8, 4) is 5.75 Å². The van der Waals surface area contributed by atoms with Crippen molar-refractivity contribution in [1.82, 2.24) is 5.32 Å². The van der Waals surface area contributed by atoms with Crippen molar-refractivity contribution >= 4 is 16.7 Å². The first-order valence-electron chi connectivity index (χ1n) is 12.3. The second-order valence-corrected chi connectivity index (χ2v) is 11.2. The lowest BCUT2D eigenvalue weighted by molar-refractivity contribution is -0.154. The van der Waals surface area contributed by atoms with Gasteiger partial charge in [0, 0.05) is 19.4 Å². The Bertz CT molecular complexity index is 979. The fourth-order valence-corrected chi connectivity index (χ4v) is 4.23. The van der Waals surface area contributed by atoms with E-state index < -0.39 is 5.60 Å². The molecule has 0 fully saturated rings. The van der Waals surface area contributed by atoms with Gasteiger partial charge in [-0.3, -0.25) is 4.79 Å². The molecule has 0 saturated carbocycles. The number of rotatable bonds is 8. The first-order chi connectivity index (χ1) is 15.5. The second-order valence-electron chi connectivity index (χ2n) is 11.2. The number of benzene rings is 2. The van der Waals surface area contributed by atoms with Crippen molar-refractivity contribution in [3.63, 3.8) is 0 Å². The summed E-state index contributed by atoms with van der Waals surface area (Å²) in [5, 5.41) is 5.84. The molecule has 0 aliphatic heterocycles. The topological polar surface area (TPSA) is 47.6 Å². The Morgan fingerprint density at radius 3 is 2.42 bits per heavy atom. The molecule has 1 aliphatic carbocycles. The molecule has 4 nitrogen and oxygen atoms in total. The van der Waals surface area contributed by atoms with Crippen molar-refractivity contribution in [2.75, 3.05) is 6.54 Å². The van der Waals surface area contributed by atoms with E-state index in [1.54, 1.807) is 5.57 Å². The van der Waals surface area contributed by atoms with Crippen molar-refractivity contribution in [1.29, 1.82) is 0 Å². The normalized spacial score (nSPS) is 17.0. The standard InChI is InChI=1S/C29H41NO3/c1-28(2,3)24-12-15-25(16-13-24)32-26-14-11-22-18-21(9-10-23(22)19-26)20-30-17-7-8-27(31)33-29(4,5)6/h9-12,14,18-19,25,30H,7-8,13,15-17,20H2,1-6H3/t25-/m1/s1. The number of hydrogen-bond donors (Lipinski definition) is 1. The fraction of sp³-hybridized carbons (Fsp3) is 0.552. The third-order valence-electron chi connectivity index (χ3n) is 5.99. The zero-order valence-corrected chi connectivity index (χ0v) is 21.3. The van der Waals surface area contributed by atoms with Crippen molar-refractivity contribution in [2.24, 2.45) is 5.41 Å². The molecule has 0 unspecified atom stereocenters. The zero-order chi connectivity index (χ0) is 24.1. The molecular weight excluding hydrogens is 410 g/mol. The van der Waals surface area contributed by atoms with Crippen LogP contribution < -0.4 is 10.1 Å². The SMILES string of the molecule is CC(C)(C)OC(=O)CCCNCc1ccc2cc(O[C@@H]3CC=C(C(C)(C)C)CC3)ccc2c1. The molecule has 33 heavy (non-hydrogen) atoms. The molecule has 1 N–H and O–H groups in total. The van der Waals surface area contributed by atoms with Gasteiger partial charge in [-0.1, -0.05) is 50.6 Å². The predicted molar refractivity (Wildman–Crippen MR) is 137 cm³/mol. The van der Waals surface area contributed by atoms with Crippen LogP contribution in [0, 0.1) is 5.41 Å². The summed E-state index contributed by atoms with van der Waals surface area (Å²) in [6.45, 7) is 14.1. The average molecular weight is 452 g/mol. The van der Waals surface area contributed by atoms with Gasteiger partial charge in [0.1, 0.15) is 17.5 Å². The summed E-state index contributed by atoms with van der Waals surface area (Å²) < 4.78 is 11.6. The van der Waals surface area contributed by atoms with Gasteiger partial charge in [-0.2, -0.15) is 0 Å². The van der Waals surface area contributed by atoms with Gasteiger partial charge in [0.05, 0.1) is 0 Å². The lowest BCUT2D eigenvalue weighted by Gasteiger charge is -2.30. The first kappa shape index (κ1) is 25.3. The Labute approximate surface area is 199 Å². The monoisotopic (exact) mass is 451 g/mol. The number of esters is 1. The number of ether oxygens (including phenoxy) is 2. The third kappa shape index (κ3) is 8.19.